The van der Waals surface area contributed by atoms with E-state index in [2.05, 4.69) is 26.8 Å². The highest BCUT2D eigenvalue weighted by molar-refractivity contribution is 7.90. The number of carbonyl (C=O) groups excluding carboxylic acids is 1. The van der Waals surface area contributed by atoms with Crippen LogP contribution in [0.2, 0.25) is 5.02 Å². The van der Waals surface area contributed by atoms with Crippen molar-refractivity contribution in [3.8, 4) is 5.75 Å². The minimum absolute atomic E-state index is 0.0119. The third kappa shape index (κ3) is 6.67. The van der Waals surface area contributed by atoms with Crippen LogP contribution in [0.3, 0.4) is 0 Å². The minimum Gasteiger partial charge on any atom is -0.497 e. The number of benzene rings is 3. The average Bonchev–Trinajstić information content (AvgIpc) is 2.92. The smallest absolute Gasteiger partial charge is 0.268 e. The Morgan fingerprint density at radius 3 is 2.34 bits per heavy atom. The molecule has 0 aliphatic heterocycles. The lowest BCUT2D eigenvalue weighted by Crippen LogP contribution is -2.32. The summed E-state index contributed by atoms with van der Waals surface area (Å²) in [7, 11) is -0.762. The molecule has 1 aromatic heterocycles. The van der Waals surface area contributed by atoms with Gasteiger partial charge >= 0.3 is 0 Å². The van der Waals surface area contributed by atoms with Gasteiger partial charge in [0.05, 0.1) is 23.4 Å². The Hall–Kier alpha value is -3.95. The summed E-state index contributed by atoms with van der Waals surface area (Å²) in [6.07, 6.45) is 2.42. The van der Waals surface area contributed by atoms with E-state index in [-0.39, 0.29) is 21.9 Å². The van der Waals surface area contributed by atoms with E-state index in [1.807, 2.05) is 54.4 Å². The molecule has 0 saturated carbocycles. The number of hydrogen-bond acceptors (Lipinski definition) is 7. The van der Waals surface area contributed by atoms with Crippen LogP contribution in [0.25, 0.3) is 0 Å². The molecule has 196 valence electrons. The Morgan fingerprint density at radius 2 is 1.66 bits per heavy atom. The lowest BCUT2D eigenvalue weighted by Gasteiger charge is -2.19. The largest absolute Gasteiger partial charge is 0.497 e. The van der Waals surface area contributed by atoms with E-state index >= 15 is 0 Å². The first-order chi connectivity index (χ1) is 18.3. The van der Waals surface area contributed by atoms with Crippen molar-refractivity contribution in [2.45, 2.75) is 17.7 Å². The van der Waals surface area contributed by atoms with Crippen LogP contribution in [0.5, 0.6) is 5.75 Å². The van der Waals surface area contributed by atoms with E-state index in [1.54, 1.807) is 13.2 Å². The Balaban J connectivity index is 1.62. The number of carbonyl (C=O) groups is 1. The number of sulfonamides is 1. The molecule has 0 unspecified atom stereocenters. The van der Waals surface area contributed by atoms with Crippen LogP contribution in [0.4, 0.5) is 5.95 Å². The molecule has 0 aliphatic rings. The number of rotatable bonds is 10. The third-order valence-electron chi connectivity index (χ3n) is 5.90. The lowest BCUT2D eigenvalue weighted by atomic mass is 10.1. The molecule has 0 fully saturated rings. The minimum atomic E-state index is -4.22. The summed E-state index contributed by atoms with van der Waals surface area (Å²) in [5.74, 6) is 0.281. The summed E-state index contributed by atoms with van der Waals surface area (Å²) in [5, 5.41) is 0.0119. The SMILES string of the molecule is COc1ccc(Cc2nc(N(C)CCc3ccccc3)ncc2C(=O)NS(=O)(=O)c2ccccc2Cl)cc1. The van der Waals surface area contributed by atoms with Gasteiger partial charge in [0.15, 0.2) is 0 Å². The van der Waals surface area contributed by atoms with Crippen LogP contribution in [0.1, 0.15) is 27.2 Å². The van der Waals surface area contributed by atoms with Gasteiger partial charge in [0.1, 0.15) is 10.6 Å². The molecule has 1 amide bonds. The van der Waals surface area contributed by atoms with Gasteiger partial charge in [-0.25, -0.2) is 23.1 Å². The predicted molar refractivity (Wildman–Crippen MR) is 147 cm³/mol. The van der Waals surface area contributed by atoms with Gasteiger partial charge < -0.3 is 9.64 Å². The fourth-order valence-electron chi connectivity index (χ4n) is 3.79. The van der Waals surface area contributed by atoms with Crippen molar-refractivity contribution in [1.29, 1.82) is 0 Å². The fraction of sp³-hybridized carbons (Fsp3) is 0.179. The maximum absolute atomic E-state index is 13.2. The molecule has 0 aliphatic carbocycles. The Kier molecular flexibility index (Phi) is 8.60. The van der Waals surface area contributed by atoms with Gasteiger partial charge in [-0.05, 0) is 41.8 Å². The van der Waals surface area contributed by atoms with E-state index in [9.17, 15) is 13.2 Å². The molecule has 0 bridgehead atoms. The van der Waals surface area contributed by atoms with E-state index in [4.69, 9.17) is 16.3 Å². The van der Waals surface area contributed by atoms with Crippen LogP contribution in [-0.4, -0.2) is 45.0 Å². The van der Waals surface area contributed by atoms with Crippen LogP contribution in [0, 0.1) is 0 Å². The summed E-state index contributed by atoms with van der Waals surface area (Å²) < 4.78 is 33.1. The highest BCUT2D eigenvalue weighted by Gasteiger charge is 2.24. The number of nitrogens with one attached hydrogen (secondary N) is 1. The van der Waals surface area contributed by atoms with Crippen LogP contribution in [-0.2, 0) is 22.9 Å². The molecular weight excluding hydrogens is 524 g/mol. The second-order valence-corrected chi connectivity index (χ2v) is 10.6. The van der Waals surface area contributed by atoms with Crippen LogP contribution < -0.4 is 14.4 Å². The highest BCUT2D eigenvalue weighted by atomic mass is 35.5. The summed E-state index contributed by atoms with van der Waals surface area (Å²) >= 11 is 6.06. The number of amides is 1. The molecule has 38 heavy (non-hydrogen) atoms. The summed E-state index contributed by atoms with van der Waals surface area (Å²) in [6, 6.07) is 23.3. The lowest BCUT2D eigenvalue weighted by molar-refractivity contribution is 0.0980. The standard InChI is InChI=1S/C28H27ClN4O4S/c1-33(17-16-20-8-4-3-5-9-20)28-30-19-23(25(31-28)18-21-12-14-22(37-2)15-13-21)27(34)32-38(35,36)26-11-7-6-10-24(26)29/h3-15,19H,16-18H2,1-2H3,(H,32,34). The van der Waals surface area contributed by atoms with Gasteiger partial charge in [0, 0.05) is 26.2 Å². The molecule has 0 spiro atoms. The van der Waals surface area contributed by atoms with Gasteiger partial charge in [-0.3, -0.25) is 4.79 Å². The van der Waals surface area contributed by atoms with Gasteiger partial charge in [-0.2, -0.15) is 0 Å². The number of aromatic nitrogens is 2. The Morgan fingerprint density at radius 1 is 0.974 bits per heavy atom. The third-order valence-corrected chi connectivity index (χ3v) is 7.73. The Bertz CT molecular complexity index is 1510. The molecule has 8 nitrogen and oxygen atoms in total. The maximum atomic E-state index is 13.2. The quantitative estimate of drug-likeness (QED) is 0.309. The van der Waals surface area contributed by atoms with Gasteiger partial charge in [-0.1, -0.05) is 66.2 Å². The first-order valence-corrected chi connectivity index (χ1v) is 13.7. The second kappa shape index (κ2) is 12.1. The number of nitrogens with zero attached hydrogens (tertiary/aromatic N) is 3. The summed E-state index contributed by atoms with van der Waals surface area (Å²) in [4.78, 5) is 23.9. The molecule has 0 saturated heterocycles. The first-order valence-electron chi connectivity index (χ1n) is 11.8. The number of methoxy groups -OCH3 is 1. The topological polar surface area (TPSA) is 101 Å². The van der Waals surface area contributed by atoms with Crippen molar-refractivity contribution in [1.82, 2.24) is 14.7 Å². The number of likely N-dealkylation sites (N-methyl/N-ethyl adjacent to an activating group) is 1. The number of anilines is 1. The molecule has 4 rings (SSSR count). The van der Waals surface area contributed by atoms with Crippen molar-refractivity contribution >= 4 is 33.5 Å². The van der Waals surface area contributed by atoms with E-state index in [1.165, 1.54) is 30.0 Å². The number of hydrogen-bond donors (Lipinski definition) is 1. The molecule has 3 aromatic carbocycles. The zero-order chi connectivity index (χ0) is 27.1. The van der Waals surface area contributed by atoms with Crippen LogP contribution in [0.15, 0.2) is 90.0 Å². The molecule has 0 radical (unpaired) electrons. The van der Waals surface area contributed by atoms with Crippen molar-refractivity contribution in [3.63, 3.8) is 0 Å². The molecule has 1 heterocycles. The summed E-state index contributed by atoms with van der Waals surface area (Å²) in [5.41, 5.74) is 2.49. The highest BCUT2D eigenvalue weighted by Crippen LogP contribution is 2.22. The van der Waals surface area contributed by atoms with Gasteiger partial charge in [0.25, 0.3) is 15.9 Å². The number of halogens is 1. The van der Waals surface area contributed by atoms with Crippen LogP contribution >= 0.6 is 11.6 Å². The predicted octanol–water partition coefficient (Wildman–Crippen LogP) is 4.53. The molecule has 0 atom stereocenters. The monoisotopic (exact) mass is 550 g/mol. The summed E-state index contributed by atoms with van der Waals surface area (Å²) in [6.45, 7) is 0.651. The van der Waals surface area contributed by atoms with Crippen molar-refractivity contribution < 1.29 is 17.9 Å². The van der Waals surface area contributed by atoms with Gasteiger partial charge in [0.2, 0.25) is 5.95 Å². The first kappa shape index (κ1) is 27.1. The van der Waals surface area contributed by atoms with E-state index in [0.29, 0.717) is 23.9 Å². The van der Waals surface area contributed by atoms with Crippen molar-refractivity contribution in [2.75, 3.05) is 25.6 Å². The van der Waals surface area contributed by atoms with Crippen molar-refractivity contribution in [2.24, 2.45) is 0 Å². The molecule has 4 aromatic rings. The van der Waals surface area contributed by atoms with Gasteiger partial charge in [-0.15, -0.1) is 0 Å². The second-order valence-electron chi connectivity index (χ2n) is 8.58. The van der Waals surface area contributed by atoms with E-state index < -0.39 is 15.9 Å². The average molecular weight is 551 g/mol. The van der Waals surface area contributed by atoms with E-state index in [0.717, 1.165) is 12.0 Å². The Labute approximate surface area is 227 Å². The zero-order valence-electron chi connectivity index (χ0n) is 21.0. The normalized spacial score (nSPS) is 11.1. The zero-order valence-corrected chi connectivity index (χ0v) is 22.5. The molecular formula is C28H27ClN4O4S. The fourth-order valence-corrected chi connectivity index (χ4v) is 5.27. The maximum Gasteiger partial charge on any atom is 0.268 e. The number of ether oxygens (including phenoxy) is 1. The molecule has 10 heteroatoms. The molecule has 1 N–H and O–H groups in total. The van der Waals surface area contributed by atoms with Crippen molar-refractivity contribution in [3.05, 3.63) is 112 Å².